The Balaban J connectivity index is 2.57. The zero-order chi connectivity index (χ0) is 13.5. The molecule has 0 bridgehead atoms. The number of carbonyl (C=O) groups is 1. The average molecular weight is 271 g/mol. The molecule has 0 aliphatic heterocycles. The smallest absolute Gasteiger partial charge is 0.224 e. The largest absolute Gasteiger partial charge is 0.375 e. The van der Waals surface area contributed by atoms with Crippen LogP contribution in [0.15, 0.2) is 24.3 Å². The first kappa shape index (κ1) is 15.0. The lowest BCUT2D eigenvalue weighted by Gasteiger charge is -2.18. The van der Waals surface area contributed by atoms with Crippen molar-refractivity contribution in [2.24, 2.45) is 11.7 Å². The van der Waals surface area contributed by atoms with E-state index in [4.69, 9.17) is 22.1 Å². The molecule has 4 nitrogen and oxygen atoms in total. The van der Waals surface area contributed by atoms with E-state index in [-0.39, 0.29) is 17.9 Å². The van der Waals surface area contributed by atoms with Crippen LogP contribution < -0.4 is 11.1 Å². The number of halogens is 1. The molecule has 0 saturated heterocycles. The number of rotatable bonds is 6. The monoisotopic (exact) mass is 270 g/mol. The van der Waals surface area contributed by atoms with Gasteiger partial charge in [-0.25, -0.2) is 0 Å². The van der Waals surface area contributed by atoms with Crippen molar-refractivity contribution in [2.45, 2.75) is 13.0 Å². The van der Waals surface area contributed by atoms with Gasteiger partial charge in [0.2, 0.25) is 5.91 Å². The minimum atomic E-state index is -0.187. The highest BCUT2D eigenvalue weighted by atomic mass is 35.5. The van der Waals surface area contributed by atoms with Crippen molar-refractivity contribution >= 4 is 17.5 Å². The maximum atomic E-state index is 11.6. The number of hydrogen-bond acceptors (Lipinski definition) is 3. The van der Waals surface area contributed by atoms with E-state index in [9.17, 15) is 4.79 Å². The van der Waals surface area contributed by atoms with Crippen LogP contribution in [0.1, 0.15) is 18.6 Å². The summed E-state index contributed by atoms with van der Waals surface area (Å²) in [7, 11) is 1.61. The molecule has 0 aromatic heterocycles. The summed E-state index contributed by atoms with van der Waals surface area (Å²) in [5.74, 6) is -0.249. The minimum absolute atomic E-state index is 0.0616. The van der Waals surface area contributed by atoms with E-state index in [1.165, 1.54) is 0 Å². The Morgan fingerprint density at radius 1 is 1.44 bits per heavy atom. The summed E-state index contributed by atoms with van der Waals surface area (Å²) in [6, 6.07) is 7.37. The van der Waals surface area contributed by atoms with Gasteiger partial charge < -0.3 is 15.8 Å². The molecule has 1 aromatic rings. The Kier molecular flexibility index (Phi) is 6.12. The Bertz CT molecular complexity index is 381. The predicted molar refractivity (Wildman–Crippen MR) is 72.4 cm³/mol. The van der Waals surface area contributed by atoms with Gasteiger partial charge in [-0.2, -0.15) is 0 Å². The van der Waals surface area contributed by atoms with Crippen LogP contribution in [0.3, 0.4) is 0 Å². The summed E-state index contributed by atoms with van der Waals surface area (Å²) in [5.41, 5.74) is 6.41. The number of nitrogens with one attached hydrogen (secondary N) is 1. The molecule has 2 unspecified atom stereocenters. The van der Waals surface area contributed by atoms with Crippen molar-refractivity contribution in [3.05, 3.63) is 34.9 Å². The third-order valence-corrected chi connectivity index (χ3v) is 3.04. The first-order chi connectivity index (χ1) is 8.58. The van der Waals surface area contributed by atoms with Gasteiger partial charge in [0.15, 0.2) is 0 Å². The molecular formula is C13H19ClN2O2. The van der Waals surface area contributed by atoms with Crippen molar-refractivity contribution in [3.63, 3.8) is 0 Å². The first-order valence-electron chi connectivity index (χ1n) is 5.84. The number of nitrogens with two attached hydrogens (primary N) is 1. The number of methoxy groups -OCH3 is 1. The minimum Gasteiger partial charge on any atom is -0.375 e. The lowest BCUT2D eigenvalue weighted by Crippen LogP contribution is -2.36. The zero-order valence-corrected chi connectivity index (χ0v) is 11.4. The van der Waals surface area contributed by atoms with Gasteiger partial charge >= 0.3 is 0 Å². The van der Waals surface area contributed by atoms with Crippen molar-refractivity contribution in [1.82, 2.24) is 5.32 Å². The van der Waals surface area contributed by atoms with E-state index in [1.54, 1.807) is 26.2 Å². The van der Waals surface area contributed by atoms with E-state index in [2.05, 4.69) is 5.32 Å². The molecule has 18 heavy (non-hydrogen) atoms. The highest BCUT2D eigenvalue weighted by Crippen LogP contribution is 2.18. The van der Waals surface area contributed by atoms with Crippen LogP contribution in [0.5, 0.6) is 0 Å². The standard InChI is InChI=1S/C13H19ClN2O2/c1-9(7-15)13(17)16-8-12(18-2)10-3-5-11(14)6-4-10/h3-6,9,12H,7-8,15H2,1-2H3,(H,16,17). The topological polar surface area (TPSA) is 64.3 Å². The van der Waals surface area contributed by atoms with Gasteiger partial charge in [0.1, 0.15) is 0 Å². The first-order valence-corrected chi connectivity index (χ1v) is 6.22. The fourth-order valence-corrected chi connectivity index (χ4v) is 1.62. The molecule has 0 heterocycles. The molecule has 0 aliphatic carbocycles. The highest BCUT2D eigenvalue weighted by molar-refractivity contribution is 6.30. The highest BCUT2D eigenvalue weighted by Gasteiger charge is 2.15. The molecule has 0 radical (unpaired) electrons. The lowest BCUT2D eigenvalue weighted by molar-refractivity contribution is -0.124. The van der Waals surface area contributed by atoms with Gasteiger partial charge in [0.05, 0.1) is 6.10 Å². The Hall–Kier alpha value is -1.10. The van der Waals surface area contributed by atoms with Gasteiger partial charge in [0.25, 0.3) is 0 Å². The molecule has 0 spiro atoms. The summed E-state index contributed by atoms with van der Waals surface area (Å²) in [4.78, 5) is 11.6. The van der Waals surface area contributed by atoms with Gasteiger partial charge in [0, 0.05) is 31.1 Å². The number of amides is 1. The Morgan fingerprint density at radius 3 is 2.56 bits per heavy atom. The third kappa shape index (κ3) is 4.29. The van der Waals surface area contributed by atoms with Crippen LogP contribution in [0.2, 0.25) is 5.02 Å². The maximum absolute atomic E-state index is 11.6. The van der Waals surface area contributed by atoms with Crippen molar-refractivity contribution in [2.75, 3.05) is 20.2 Å². The third-order valence-electron chi connectivity index (χ3n) is 2.79. The van der Waals surface area contributed by atoms with Crippen LogP contribution in [0, 0.1) is 5.92 Å². The van der Waals surface area contributed by atoms with Crippen LogP contribution in [-0.4, -0.2) is 26.1 Å². The van der Waals surface area contributed by atoms with Crippen molar-refractivity contribution in [1.29, 1.82) is 0 Å². The molecule has 0 fully saturated rings. The number of ether oxygens (including phenoxy) is 1. The summed E-state index contributed by atoms with van der Waals surface area (Å²) in [6.07, 6.45) is -0.184. The second-order valence-corrected chi connectivity index (χ2v) is 4.59. The number of carbonyl (C=O) groups excluding carboxylic acids is 1. The second-order valence-electron chi connectivity index (χ2n) is 4.16. The lowest BCUT2D eigenvalue weighted by atomic mass is 10.1. The fraction of sp³-hybridized carbons (Fsp3) is 0.462. The summed E-state index contributed by atoms with van der Waals surface area (Å²) in [6.45, 7) is 2.55. The fourth-order valence-electron chi connectivity index (χ4n) is 1.49. The van der Waals surface area contributed by atoms with Crippen molar-refractivity contribution in [3.8, 4) is 0 Å². The average Bonchev–Trinajstić information content (AvgIpc) is 2.40. The Morgan fingerprint density at radius 2 is 2.06 bits per heavy atom. The molecule has 2 atom stereocenters. The van der Waals surface area contributed by atoms with Gasteiger partial charge in [-0.05, 0) is 17.7 Å². The molecule has 1 amide bonds. The van der Waals surface area contributed by atoms with Crippen LogP contribution in [0.25, 0.3) is 0 Å². The molecule has 0 saturated carbocycles. The van der Waals surface area contributed by atoms with Crippen LogP contribution in [-0.2, 0) is 9.53 Å². The Labute approximate surface area is 112 Å². The normalized spacial score (nSPS) is 14.0. The molecular weight excluding hydrogens is 252 g/mol. The zero-order valence-electron chi connectivity index (χ0n) is 10.7. The molecule has 100 valence electrons. The summed E-state index contributed by atoms with van der Waals surface area (Å²) < 4.78 is 5.35. The molecule has 1 aromatic carbocycles. The van der Waals surface area contributed by atoms with E-state index in [0.29, 0.717) is 18.1 Å². The summed E-state index contributed by atoms with van der Waals surface area (Å²) in [5, 5.41) is 3.50. The van der Waals surface area contributed by atoms with Gasteiger partial charge in [-0.1, -0.05) is 30.7 Å². The molecule has 3 N–H and O–H groups in total. The molecule has 0 aliphatic rings. The molecule has 5 heteroatoms. The number of hydrogen-bond donors (Lipinski definition) is 2. The van der Waals surface area contributed by atoms with E-state index in [0.717, 1.165) is 5.56 Å². The number of benzene rings is 1. The van der Waals surface area contributed by atoms with E-state index < -0.39 is 0 Å². The van der Waals surface area contributed by atoms with Crippen LogP contribution in [0.4, 0.5) is 0 Å². The summed E-state index contributed by atoms with van der Waals surface area (Å²) >= 11 is 5.82. The quantitative estimate of drug-likeness (QED) is 0.828. The maximum Gasteiger partial charge on any atom is 0.224 e. The SMILES string of the molecule is COC(CNC(=O)C(C)CN)c1ccc(Cl)cc1. The van der Waals surface area contributed by atoms with E-state index >= 15 is 0 Å². The van der Waals surface area contributed by atoms with Gasteiger partial charge in [-0.15, -0.1) is 0 Å². The van der Waals surface area contributed by atoms with Crippen molar-refractivity contribution < 1.29 is 9.53 Å². The molecule has 1 rings (SSSR count). The van der Waals surface area contributed by atoms with E-state index in [1.807, 2.05) is 12.1 Å². The van der Waals surface area contributed by atoms with Gasteiger partial charge in [-0.3, -0.25) is 4.79 Å². The van der Waals surface area contributed by atoms with Crippen LogP contribution >= 0.6 is 11.6 Å². The predicted octanol–water partition coefficient (Wildman–Crippen LogP) is 1.74. The second kappa shape index (κ2) is 7.36.